The minimum atomic E-state index is -0.344. The molecule has 0 aliphatic heterocycles. The Bertz CT molecular complexity index is 715. The fraction of sp³-hybridized carbons (Fsp3) is 0.250. The zero-order chi connectivity index (χ0) is 15.0. The monoisotopic (exact) mass is 302 g/mol. The van der Waals surface area contributed by atoms with Crippen molar-refractivity contribution in [1.29, 1.82) is 0 Å². The summed E-state index contributed by atoms with van der Waals surface area (Å²) in [6.07, 6.45) is 1.80. The van der Waals surface area contributed by atoms with Crippen LogP contribution in [0.15, 0.2) is 36.4 Å². The third-order valence-electron chi connectivity index (χ3n) is 3.96. The number of hydrogen-bond donors (Lipinski definition) is 1. The van der Waals surface area contributed by atoms with Crippen molar-refractivity contribution in [2.24, 2.45) is 0 Å². The molecule has 0 aromatic heterocycles. The van der Waals surface area contributed by atoms with Gasteiger partial charge in [0.2, 0.25) is 0 Å². The van der Waals surface area contributed by atoms with Crippen molar-refractivity contribution in [2.75, 3.05) is 5.32 Å². The lowest BCUT2D eigenvalue weighted by atomic mass is 10.1. The van der Waals surface area contributed by atoms with Crippen molar-refractivity contribution in [3.8, 4) is 0 Å². The van der Waals surface area contributed by atoms with E-state index >= 15 is 0 Å². The number of nitro groups is 1. The minimum absolute atomic E-state index is 0.151. The molecule has 0 fully saturated rings. The maximum Gasteiger partial charge on any atom is 0.274 e. The Morgan fingerprint density at radius 1 is 1.24 bits per heavy atom. The Labute approximate surface area is 127 Å². The van der Waals surface area contributed by atoms with Crippen molar-refractivity contribution in [3.63, 3.8) is 0 Å². The van der Waals surface area contributed by atoms with E-state index in [4.69, 9.17) is 11.6 Å². The molecule has 1 N–H and O–H groups in total. The first-order valence-corrected chi connectivity index (χ1v) is 7.20. The molecule has 3 rings (SSSR count). The van der Waals surface area contributed by atoms with Gasteiger partial charge in [0.05, 0.1) is 4.92 Å². The van der Waals surface area contributed by atoms with Crippen LogP contribution in [0.3, 0.4) is 0 Å². The average molecular weight is 303 g/mol. The maximum atomic E-state index is 11.0. The van der Waals surface area contributed by atoms with Crippen LogP contribution in [0.2, 0.25) is 5.02 Å². The van der Waals surface area contributed by atoms with E-state index in [-0.39, 0.29) is 16.7 Å². The van der Waals surface area contributed by atoms with E-state index in [1.807, 2.05) is 18.2 Å². The molecule has 5 heteroatoms. The number of benzene rings is 2. The molecule has 1 aliphatic carbocycles. The number of nitro benzene ring substituents is 1. The zero-order valence-electron chi connectivity index (χ0n) is 11.6. The second-order valence-electron chi connectivity index (χ2n) is 5.37. The molecule has 0 saturated carbocycles. The molecule has 0 saturated heterocycles. The number of nitrogens with zero attached hydrogens (tertiary/aromatic N) is 1. The summed E-state index contributed by atoms with van der Waals surface area (Å²) in [5, 5.41) is 15.2. The summed E-state index contributed by atoms with van der Waals surface area (Å²) in [4.78, 5) is 10.6. The number of halogens is 1. The van der Waals surface area contributed by atoms with Crippen LogP contribution in [0.1, 0.15) is 16.7 Å². The molecule has 0 spiro atoms. The van der Waals surface area contributed by atoms with Gasteiger partial charge in [0, 0.05) is 28.4 Å². The molecule has 21 heavy (non-hydrogen) atoms. The standard InChI is InChI=1S/C16H15ClN2O2/c1-10-15(3-2-4-16(10)19(20)21)18-14-8-11-5-6-13(17)7-12(11)9-14/h2-7,14,18H,8-9H2,1H3. The summed E-state index contributed by atoms with van der Waals surface area (Å²) in [6.45, 7) is 1.78. The van der Waals surface area contributed by atoms with E-state index in [0.29, 0.717) is 5.56 Å². The second-order valence-corrected chi connectivity index (χ2v) is 5.81. The Balaban J connectivity index is 1.81. The van der Waals surface area contributed by atoms with Crippen molar-refractivity contribution in [3.05, 3.63) is 68.2 Å². The van der Waals surface area contributed by atoms with E-state index in [2.05, 4.69) is 11.4 Å². The molecule has 4 nitrogen and oxygen atoms in total. The van der Waals surface area contributed by atoms with Crippen molar-refractivity contribution >= 4 is 23.0 Å². The van der Waals surface area contributed by atoms with E-state index in [9.17, 15) is 10.1 Å². The molecular formula is C16H15ClN2O2. The Kier molecular flexibility index (Phi) is 3.55. The lowest BCUT2D eigenvalue weighted by Gasteiger charge is -2.15. The fourth-order valence-corrected chi connectivity index (χ4v) is 3.08. The molecule has 0 radical (unpaired) electrons. The molecule has 2 aromatic rings. The van der Waals surface area contributed by atoms with Crippen LogP contribution in [-0.2, 0) is 12.8 Å². The molecule has 0 heterocycles. The molecular weight excluding hydrogens is 288 g/mol. The van der Waals surface area contributed by atoms with Gasteiger partial charge in [0.25, 0.3) is 5.69 Å². The van der Waals surface area contributed by atoms with Crippen molar-refractivity contribution in [2.45, 2.75) is 25.8 Å². The van der Waals surface area contributed by atoms with Gasteiger partial charge in [-0.2, -0.15) is 0 Å². The van der Waals surface area contributed by atoms with Crippen LogP contribution in [0.4, 0.5) is 11.4 Å². The Hall–Kier alpha value is -2.07. The summed E-state index contributed by atoms with van der Waals surface area (Å²) in [5.41, 5.74) is 4.20. The predicted molar refractivity (Wildman–Crippen MR) is 84.1 cm³/mol. The quantitative estimate of drug-likeness (QED) is 0.685. The number of rotatable bonds is 3. The normalized spacial score (nSPS) is 16.6. The van der Waals surface area contributed by atoms with Crippen molar-refractivity contribution in [1.82, 2.24) is 0 Å². The SMILES string of the molecule is Cc1c(NC2Cc3ccc(Cl)cc3C2)cccc1[N+](=O)[O-]. The van der Waals surface area contributed by atoms with Gasteiger partial charge in [-0.25, -0.2) is 0 Å². The highest BCUT2D eigenvalue weighted by molar-refractivity contribution is 6.30. The highest BCUT2D eigenvalue weighted by atomic mass is 35.5. The fourth-order valence-electron chi connectivity index (χ4n) is 2.89. The van der Waals surface area contributed by atoms with Gasteiger partial charge in [-0.1, -0.05) is 23.7 Å². The molecule has 1 unspecified atom stereocenters. The van der Waals surface area contributed by atoms with Crippen LogP contribution >= 0.6 is 11.6 Å². The van der Waals surface area contributed by atoms with Crippen molar-refractivity contribution < 1.29 is 4.92 Å². The van der Waals surface area contributed by atoms with E-state index in [1.165, 1.54) is 17.2 Å². The third kappa shape index (κ3) is 2.72. The first-order valence-electron chi connectivity index (χ1n) is 6.82. The number of nitrogens with one attached hydrogen (secondary N) is 1. The van der Waals surface area contributed by atoms with E-state index in [0.717, 1.165) is 23.6 Å². The molecule has 1 aliphatic rings. The average Bonchev–Trinajstić information content (AvgIpc) is 2.82. The Morgan fingerprint density at radius 3 is 2.76 bits per heavy atom. The molecule has 108 valence electrons. The zero-order valence-corrected chi connectivity index (χ0v) is 12.4. The molecule has 2 aromatic carbocycles. The largest absolute Gasteiger partial charge is 0.381 e. The lowest BCUT2D eigenvalue weighted by molar-refractivity contribution is -0.385. The van der Waals surface area contributed by atoms with Crippen LogP contribution in [0, 0.1) is 17.0 Å². The number of hydrogen-bond acceptors (Lipinski definition) is 3. The summed E-state index contributed by atoms with van der Waals surface area (Å²) >= 11 is 6.02. The first kappa shape index (κ1) is 13.9. The van der Waals surface area contributed by atoms with Gasteiger partial charge in [-0.3, -0.25) is 10.1 Å². The first-order chi connectivity index (χ1) is 10.0. The van der Waals surface area contributed by atoms with Gasteiger partial charge in [-0.05, 0) is 49.1 Å². The number of anilines is 1. The molecule has 0 amide bonds. The maximum absolute atomic E-state index is 11.0. The van der Waals surface area contributed by atoms with Gasteiger partial charge in [-0.15, -0.1) is 0 Å². The van der Waals surface area contributed by atoms with Gasteiger partial charge in [0.15, 0.2) is 0 Å². The highest BCUT2D eigenvalue weighted by Crippen LogP contribution is 2.30. The number of fused-ring (bicyclic) bond motifs is 1. The van der Waals surface area contributed by atoms with E-state index < -0.39 is 0 Å². The second kappa shape index (κ2) is 5.37. The topological polar surface area (TPSA) is 55.2 Å². The van der Waals surface area contributed by atoms with Crippen LogP contribution in [-0.4, -0.2) is 11.0 Å². The lowest BCUT2D eigenvalue weighted by Crippen LogP contribution is -2.20. The van der Waals surface area contributed by atoms with Gasteiger partial charge >= 0.3 is 0 Å². The van der Waals surface area contributed by atoms with Gasteiger partial charge < -0.3 is 5.32 Å². The van der Waals surface area contributed by atoms with Crippen LogP contribution < -0.4 is 5.32 Å². The summed E-state index contributed by atoms with van der Waals surface area (Å²) in [5.74, 6) is 0. The smallest absolute Gasteiger partial charge is 0.274 e. The Morgan fingerprint density at radius 2 is 2.00 bits per heavy atom. The van der Waals surface area contributed by atoms with Crippen LogP contribution in [0.5, 0.6) is 0 Å². The van der Waals surface area contributed by atoms with Gasteiger partial charge in [0.1, 0.15) is 0 Å². The summed E-state index contributed by atoms with van der Waals surface area (Å²) in [6, 6.07) is 11.3. The molecule has 0 bridgehead atoms. The minimum Gasteiger partial charge on any atom is -0.381 e. The summed E-state index contributed by atoms with van der Waals surface area (Å²) < 4.78 is 0. The predicted octanol–water partition coefficient (Wildman–Crippen LogP) is 4.14. The third-order valence-corrected chi connectivity index (χ3v) is 4.20. The highest BCUT2D eigenvalue weighted by Gasteiger charge is 2.23. The van der Waals surface area contributed by atoms with E-state index in [1.54, 1.807) is 13.0 Å². The summed E-state index contributed by atoms with van der Waals surface area (Å²) in [7, 11) is 0. The van der Waals surface area contributed by atoms with Crippen LogP contribution in [0.25, 0.3) is 0 Å². The molecule has 1 atom stereocenters.